The Balaban J connectivity index is 1.49. The SMILES string of the molecule is CC[C@H](N[C@@H]1CCC(=O)N[C@@H]1C1CC1)c1ccc2c(c1)CCO2. The van der Waals surface area contributed by atoms with E-state index in [1.807, 2.05) is 0 Å². The highest BCUT2D eigenvalue weighted by Crippen LogP contribution is 2.37. The Bertz CT molecular complexity index is 597. The van der Waals surface area contributed by atoms with E-state index in [9.17, 15) is 4.79 Å². The summed E-state index contributed by atoms with van der Waals surface area (Å²) in [7, 11) is 0. The Morgan fingerprint density at radius 3 is 2.96 bits per heavy atom. The number of hydrogen-bond acceptors (Lipinski definition) is 3. The zero-order chi connectivity index (χ0) is 15.8. The molecule has 1 saturated carbocycles. The Kier molecular flexibility index (Phi) is 4.02. The second-order valence-corrected chi connectivity index (χ2v) is 7.17. The van der Waals surface area contributed by atoms with Crippen molar-refractivity contribution in [2.45, 2.75) is 63.6 Å². The van der Waals surface area contributed by atoms with Crippen molar-refractivity contribution in [2.24, 2.45) is 5.92 Å². The predicted molar refractivity (Wildman–Crippen MR) is 89.5 cm³/mol. The molecule has 1 amide bonds. The number of rotatable bonds is 5. The number of hydrogen-bond donors (Lipinski definition) is 2. The van der Waals surface area contributed by atoms with Crippen LogP contribution >= 0.6 is 0 Å². The van der Waals surface area contributed by atoms with E-state index in [2.05, 4.69) is 35.8 Å². The topological polar surface area (TPSA) is 50.4 Å². The molecule has 4 heteroatoms. The second kappa shape index (κ2) is 6.16. The van der Waals surface area contributed by atoms with E-state index in [-0.39, 0.29) is 5.91 Å². The van der Waals surface area contributed by atoms with E-state index in [4.69, 9.17) is 4.74 Å². The number of amides is 1. The van der Waals surface area contributed by atoms with Crippen LogP contribution in [0.3, 0.4) is 0 Å². The maximum atomic E-state index is 11.8. The molecule has 4 rings (SSSR count). The van der Waals surface area contributed by atoms with Crippen LogP contribution < -0.4 is 15.4 Å². The van der Waals surface area contributed by atoms with Crippen LogP contribution in [-0.2, 0) is 11.2 Å². The molecule has 0 unspecified atom stereocenters. The van der Waals surface area contributed by atoms with Gasteiger partial charge in [0, 0.05) is 31.0 Å². The summed E-state index contributed by atoms with van der Waals surface area (Å²) in [6.07, 6.45) is 6.20. The van der Waals surface area contributed by atoms with Gasteiger partial charge in [0.2, 0.25) is 5.91 Å². The number of fused-ring (bicyclic) bond motifs is 1. The monoisotopic (exact) mass is 314 g/mol. The average Bonchev–Trinajstić information content (AvgIpc) is 3.30. The Labute approximate surface area is 138 Å². The Hall–Kier alpha value is -1.55. The van der Waals surface area contributed by atoms with Gasteiger partial charge in [0.05, 0.1) is 6.61 Å². The highest BCUT2D eigenvalue weighted by atomic mass is 16.5. The van der Waals surface area contributed by atoms with Gasteiger partial charge in [-0.3, -0.25) is 4.79 Å². The number of carbonyl (C=O) groups is 1. The zero-order valence-electron chi connectivity index (χ0n) is 13.8. The highest BCUT2D eigenvalue weighted by Gasteiger charge is 2.40. The first kappa shape index (κ1) is 15.0. The molecule has 1 aromatic carbocycles. The van der Waals surface area contributed by atoms with E-state index in [0.717, 1.165) is 31.6 Å². The lowest BCUT2D eigenvalue weighted by atomic mass is 9.91. The molecular weight excluding hydrogens is 288 g/mol. The van der Waals surface area contributed by atoms with Crippen LogP contribution in [0, 0.1) is 5.92 Å². The molecule has 2 aliphatic heterocycles. The maximum absolute atomic E-state index is 11.8. The van der Waals surface area contributed by atoms with Gasteiger partial charge in [-0.25, -0.2) is 0 Å². The van der Waals surface area contributed by atoms with Gasteiger partial charge in [0.1, 0.15) is 5.75 Å². The Morgan fingerprint density at radius 1 is 1.30 bits per heavy atom. The van der Waals surface area contributed by atoms with Crippen LogP contribution in [0.5, 0.6) is 5.75 Å². The number of ether oxygens (including phenoxy) is 1. The summed E-state index contributed by atoms with van der Waals surface area (Å²) >= 11 is 0. The third kappa shape index (κ3) is 3.09. The zero-order valence-corrected chi connectivity index (χ0v) is 13.8. The van der Waals surface area contributed by atoms with Crippen molar-refractivity contribution >= 4 is 5.91 Å². The van der Waals surface area contributed by atoms with Crippen molar-refractivity contribution < 1.29 is 9.53 Å². The first-order valence-corrected chi connectivity index (χ1v) is 9.05. The van der Waals surface area contributed by atoms with Crippen molar-refractivity contribution in [3.8, 4) is 5.75 Å². The van der Waals surface area contributed by atoms with Crippen LogP contribution in [0.25, 0.3) is 0 Å². The third-order valence-corrected chi connectivity index (χ3v) is 5.51. The minimum Gasteiger partial charge on any atom is -0.493 e. The molecule has 0 radical (unpaired) electrons. The first-order valence-electron chi connectivity index (χ1n) is 9.05. The molecule has 0 bridgehead atoms. The molecule has 3 aliphatic rings. The van der Waals surface area contributed by atoms with Crippen molar-refractivity contribution in [1.29, 1.82) is 0 Å². The molecule has 1 aromatic rings. The summed E-state index contributed by atoms with van der Waals surface area (Å²) in [5, 5.41) is 7.08. The quantitative estimate of drug-likeness (QED) is 0.878. The number of benzene rings is 1. The fourth-order valence-electron chi connectivity index (χ4n) is 4.04. The molecule has 1 saturated heterocycles. The van der Waals surface area contributed by atoms with E-state index in [0.29, 0.717) is 30.5 Å². The van der Waals surface area contributed by atoms with E-state index in [1.165, 1.54) is 24.0 Å². The van der Waals surface area contributed by atoms with Crippen molar-refractivity contribution in [3.63, 3.8) is 0 Å². The molecular formula is C19H26N2O2. The second-order valence-electron chi connectivity index (χ2n) is 7.17. The standard InChI is InChI=1S/C19H26N2O2/c1-2-15(13-5-7-17-14(11-13)9-10-23-17)20-16-6-8-18(22)21-19(16)12-3-4-12/h5,7,11-12,15-16,19-20H,2-4,6,8-10H2,1H3,(H,21,22)/t15-,16+,19+/m0/s1. The van der Waals surface area contributed by atoms with Gasteiger partial charge in [0.15, 0.2) is 0 Å². The molecule has 0 aromatic heterocycles. The van der Waals surface area contributed by atoms with Gasteiger partial charge < -0.3 is 15.4 Å². The summed E-state index contributed by atoms with van der Waals surface area (Å²) in [4.78, 5) is 11.8. The molecule has 124 valence electrons. The largest absolute Gasteiger partial charge is 0.493 e. The summed E-state index contributed by atoms with van der Waals surface area (Å²) < 4.78 is 5.62. The number of piperidine rings is 1. The van der Waals surface area contributed by atoms with Crippen molar-refractivity contribution in [3.05, 3.63) is 29.3 Å². The van der Waals surface area contributed by atoms with Crippen molar-refractivity contribution in [1.82, 2.24) is 10.6 Å². The average molecular weight is 314 g/mol. The van der Waals surface area contributed by atoms with Gasteiger partial charge in [0.25, 0.3) is 0 Å². The van der Waals surface area contributed by atoms with Gasteiger partial charge in [-0.1, -0.05) is 19.1 Å². The fraction of sp³-hybridized carbons (Fsp3) is 0.632. The minimum absolute atomic E-state index is 0.225. The van der Waals surface area contributed by atoms with Crippen LogP contribution in [0.2, 0.25) is 0 Å². The van der Waals surface area contributed by atoms with Crippen LogP contribution in [0.15, 0.2) is 18.2 Å². The maximum Gasteiger partial charge on any atom is 0.220 e. The Morgan fingerprint density at radius 2 is 2.17 bits per heavy atom. The normalized spacial score (nSPS) is 28.0. The molecule has 2 heterocycles. The summed E-state index contributed by atoms with van der Waals surface area (Å²) in [6.45, 7) is 3.04. The number of nitrogens with one attached hydrogen (secondary N) is 2. The predicted octanol–water partition coefficient (Wildman–Crippen LogP) is 2.72. The third-order valence-electron chi connectivity index (χ3n) is 5.51. The smallest absolute Gasteiger partial charge is 0.220 e. The van der Waals surface area contributed by atoms with E-state index >= 15 is 0 Å². The van der Waals surface area contributed by atoms with Gasteiger partial charge in [-0.15, -0.1) is 0 Å². The molecule has 1 aliphatic carbocycles. The van der Waals surface area contributed by atoms with Gasteiger partial charge >= 0.3 is 0 Å². The highest BCUT2D eigenvalue weighted by molar-refractivity contribution is 5.77. The summed E-state index contributed by atoms with van der Waals surface area (Å²) in [5.41, 5.74) is 2.68. The van der Waals surface area contributed by atoms with Crippen LogP contribution in [0.4, 0.5) is 0 Å². The lowest BCUT2D eigenvalue weighted by Crippen LogP contribution is -2.55. The summed E-state index contributed by atoms with van der Waals surface area (Å²) in [5.74, 6) is 1.95. The molecule has 0 spiro atoms. The molecule has 3 atom stereocenters. The molecule has 2 N–H and O–H groups in total. The van der Waals surface area contributed by atoms with Crippen LogP contribution in [0.1, 0.15) is 56.2 Å². The molecule has 4 nitrogen and oxygen atoms in total. The van der Waals surface area contributed by atoms with Gasteiger partial charge in [-0.2, -0.15) is 0 Å². The lowest BCUT2D eigenvalue weighted by Gasteiger charge is -2.36. The van der Waals surface area contributed by atoms with E-state index in [1.54, 1.807) is 0 Å². The lowest BCUT2D eigenvalue weighted by molar-refractivity contribution is -0.124. The molecule has 2 fully saturated rings. The summed E-state index contributed by atoms with van der Waals surface area (Å²) in [6, 6.07) is 7.68. The first-order chi connectivity index (χ1) is 11.2. The van der Waals surface area contributed by atoms with E-state index < -0.39 is 0 Å². The van der Waals surface area contributed by atoms with Crippen molar-refractivity contribution in [2.75, 3.05) is 6.61 Å². The molecule has 23 heavy (non-hydrogen) atoms. The minimum atomic E-state index is 0.225. The fourth-order valence-corrected chi connectivity index (χ4v) is 4.04. The number of carbonyl (C=O) groups excluding carboxylic acids is 1. The van der Waals surface area contributed by atoms with Crippen LogP contribution in [-0.4, -0.2) is 24.6 Å². The van der Waals surface area contributed by atoms with Gasteiger partial charge in [-0.05, 0) is 48.8 Å².